The Morgan fingerprint density at radius 2 is 1.89 bits per heavy atom. The molecule has 0 aromatic heterocycles. The summed E-state index contributed by atoms with van der Waals surface area (Å²) >= 11 is 11.9. The number of nitrogens with zero attached hydrogens (tertiary/aromatic N) is 1. The molecule has 8 heteroatoms. The van der Waals surface area contributed by atoms with Crippen molar-refractivity contribution in [3.8, 4) is 11.5 Å². The van der Waals surface area contributed by atoms with Crippen molar-refractivity contribution in [2.75, 3.05) is 7.11 Å². The molecule has 2 aromatic carbocycles. The van der Waals surface area contributed by atoms with E-state index < -0.39 is 11.9 Å². The van der Waals surface area contributed by atoms with Gasteiger partial charge in [-0.15, -0.1) is 0 Å². The Labute approximate surface area is 165 Å². The molecule has 0 fully saturated rings. The number of carbonyl (C=O) groups is 2. The van der Waals surface area contributed by atoms with Crippen molar-refractivity contribution in [2.24, 2.45) is 4.99 Å². The van der Waals surface area contributed by atoms with Gasteiger partial charge >= 0.3 is 11.9 Å². The molecule has 0 bridgehead atoms. The Kier molecular flexibility index (Phi) is 5.48. The number of hydrogen-bond acceptors (Lipinski definition) is 6. The molecule has 1 heterocycles. The molecule has 2 aromatic rings. The quantitative estimate of drug-likeness (QED) is 0.431. The molecule has 27 heavy (non-hydrogen) atoms. The minimum Gasteiger partial charge on any atom is -0.493 e. The lowest BCUT2D eigenvalue weighted by Gasteiger charge is -2.08. The van der Waals surface area contributed by atoms with Crippen molar-refractivity contribution >= 4 is 47.1 Å². The van der Waals surface area contributed by atoms with Gasteiger partial charge in [0.25, 0.3) is 0 Å². The van der Waals surface area contributed by atoms with E-state index >= 15 is 0 Å². The largest absolute Gasteiger partial charge is 0.493 e. The van der Waals surface area contributed by atoms with Gasteiger partial charge in [-0.25, -0.2) is 9.79 Å². The molecule has 0 aliphatic carbocycles. The standard InChI is InChI=1S/C19H13Cl2NO5/c1-10(23)26-16-6-3-11(8-17(16)25-2)7-15-19(24)27-18(22-15)12-4-5-13(20)14(21)9-12/h3-9H,1-2H3/b15-7-. The van der Waals surface area contributed by atoms with Gasteiger partial charge in [-0.1, -0.05) is 29.3 Å². The third-order valence-corrected chi connectivity index (χ3v) is 4.27. The van der Waals surface area contributed by atoms with Gasteiger partial charge in [-0.3, -0.25) is 4.79 Å². The number of methoxy groups -OCH3 is 1. The second-order valence-corrected chi connectivity index (χ2v) is 6.28. The van der Waals surface area contributed by atoms with Crippen molar-refractivity contribution in [1.29, 1.82) is 0 Å². The second kappa shape index (κ2) is 7.82. The fraction of sp³-hybridized carbons (Fsp3) is 0.105. The Morgan fingerprint density at radius 1 is 1.11 bits per heavy atom. The van der Waals surface area contributed by atoms with E-state index in [2.05, 4.69) is 4.99 Å². The average Bonchev–Trinajstić information content (AvgIpc) is 2.99. The maximum absolute atomic E-state index is 12.1. The summed E-state index contributed by atoms with van der Waals surface area (Å²) in [5, 5.41) is 0.720. The number of hydrogen-bond donors (Lipinski definition) is 0. The summed E-state index contributed by atoms with van der Waals surface area (Å²) in [6, 6.07) is 9.65. The van der Waals surface area contributed by atoms with E-state index in [0.29, 0.717) is 26.9 Å². The molecule has 0 N–H and O–H groups in total. The van der Waals surface area contributed by atoms with Crippen LogP contribution >= 0.6 is 23.2 Å². The summed E-state index contributed by atoms with van der Waals surface area (Å²) < 4.78 is 15.5. The Morgan fingerprint density at radius 3 is 2.56 bits per heavy atom. The van der Waals surface area contributed by atoms with Crippen molar-refractivity contribution < 1.29 is 23.8 Å². The summed E-state index contributed by atoms with van der Waals surface area (Å²) in [6.07, 6.45) is 1.53. The van der Waals surface area contributed by atoms with Crippen LogP contribution in [0.5, 0.6) is 11.5 Å². The highest BCUT2D eigenvalue weighted by atomic mass is 35.5. The number of benzene rings is 2. The van der Waals surface area contributed by atoms with Crippen LogP contribution in [0.2, 0.25) is 10.0 Å². The van der Waals surface area contributed by atoms with E-state index in [1.165, 1.54) is 20.1 Å². The first-order valence-electron chi connectivity index (χ1n) is 7.72. The van der Waals surface area contributed by atoms with Crippen LogP contribution < -0.4 is 9.47 Å². The molecule has 0 saturated carbocycles. The van der Waals surface area contributed by atoms with Crippen LogP contribution in [0, 0.1) is 0 Å². The van der Waals surface area contributed by atoms with E-state index in [-0.39, 0.29) is 17.3 Å². The normalized spacial score (nSPS) is 14.7. The molecule has 1 aliphatic heterocycles. The van der Waals surface area contributed by atoms with Crippen LogP contribution in [0.1, 0.15) is 18.1 Å². The SMILES string of the molecule is COc1cc(/C=C2\N=C(c3ccc(Cl)c(Cl)c3)OC2=O)ccc1OC(C)=O. The van der Waals surface area contributed by atoms with Gasteiger partial charge in [0.15, 0.2) is 17.2 Å². The minimum atomic E-state index is -0.598. The zero-order chi connectivity index (χ0) is 19.6. The van der Waals surface area contributed by atoms with Crippen LogP contribution in [-0.2, 0) is 14.3 Å². The van der Waals surface area contributed by atoms with Crippen LogP contribution in [0.3, 0.4) is 0 Å². The summed E-state index contributed by atoms with van der Waals surface area (Å²) in [6.45, 7) is 1.29. The Hall–Kier alpha value is -2.83. The zero-order valence-electron chi connectivity index (χ0n) is 14.3. The number of esters is 2. The third kappa shape index (κ3) is 4.30. The minimum absolute atomic E-state index is 0.110. The van der Waals surface area contributed by atoms with E-state index in [1.807, 2.05) is 0 Å². The molecule has 0 saturated heterocycles. The molecule has 0 atom stereocenters. The van der Waals surface area contributed by atoms with Gasteiger partial charge in [0.2, 0.25) is 5.90 Å². The topological polar surface area (TPSA) is 74.2 Å². The summed E-state index contributed by atoms with van der Waals surface area (Å²) in [5.74, 6) is -0.303. The first kappa shape index (κ1) is 18.9. The van der Waals surface area contributed by atoms with E-state index in [9.17, 15) is 9.59 Å². The number of rotatable bonds is 4. The summed E-state index contributed by atoms with van der Waals surface area (Å²) in [4.78, 5) is 27.4. The molecular formula is C19H13Cl2NO5. The fourth-order valence-corrected chi connectivity index (χ4v) is 2.63. The Balaban J connectivity index is 1.92. The summed E-state index contributed by atoms with van der Waals surface area (Å²) in [5.41, 5.74) is 1.26. The molecule has 0 spiro atoms. The van der Waals surface area contributed by atoms with Crippen LogP contribution in [0.15, 0.2) is 47.1 Å². The van der Waals surface area contributed by atoms with E-state index in [4.69, 9.17) is 37.4 Å². The zero-order valence-corrected chi connectivity index (χ0v) is 15.8. The maximum atomic E-state index is 12.1. The molecule has 0 radical (unpaired) electrons. The Bertz CT molecular complexity index is 998. The first-order chi connectivity index (χ1) is 12.9. The molecule has 138 valence electrons. The van der Waals surface area contributed by atoms with Crippen molar-refractivity contribution in [3.63, 3.8) is 0 Å². The van der Waals surface area contributed by atoms with Crippen LogP contribution in [-0.4, -0.2) is 24.9 Å². The predicted molar refractivity (Wildman–Crippen MR) is 101 cm³/mol. The van der Waals surface area contributed by atoms with E-state index in [0.717, 1.165) is 0 Å². The maximum Gasteiger partial charge on any atom is 0.363 e. The molecular weight excluding hydrogens is 393 g/mol. The molecule has 1 aliphatic rings. The number of cyclic esters (lactones) is 1. The second-order valence-electron chi connectivity index (χ2n) is 5.47. The summed E-state index contributed by atoms with van der Waals surface area (Å²) in [7, 11) is 1.45. The van der Waals surface area contributed by atoms with Gasteiger partial charge in [0, 0.05) is 12.5 Å². The molecule has 6 nitrogen and oxygen atoms in total. The van der Waals surface area contributed by atoms with Gasteiger partial charge in [0.1, 0.15) is 0 Å². The highest BCUT2D eigenvalue weighted by Gasteiger charge is 2.24. The first-order valence-corrected chi connectivity index (χ1v) is 8.47. The number of ether oxygens (including phenoxy) is 3. The molecule has 0 unspecified atom stereocenters. The van der Waals surface area contributed by atoms with Crippen molar-refractivity contribution in [1.82, 2.24) is 0 Å². The average molecular weight is 406 g/mol. The van der Waals surface area contributed by atoms with E-state index in [1.54, 1.807) is 36.4 Å². The fourth-order valence-electron chi connectivity index (χ4n) is 2.33. The number of aliphatic imine (C=N–C) groups is 1. The smallest absolute Gasteiger partial charge is 0.363 e. The predicted octanol–water partition coefficient (Wildman–Crippen LogP) is 4.27. The van der Waals surface area contributed by atoms with Crippen molar-refractivity contribution in [3.05, 3.63) is 63.3 Å². The van der Waals surface area contributed by atoms with Gasteiger partial charge < -0.3 is 14.2 Å². The molecule has 3 rings (SSSR count). The van der Waals surface area contributed by atoms with Crippen LogP contribution in [0.25, 0.3) is 6.08 Å². The van der Waals surface area contributed by atoms with Gasteiger partial charge in [0.05, 0.1) is 17.2 Å². The lowest BCUT2D eigenvalue weighted by atomic mass is 10.1. The van der Waals surface area contributed by atoms with Crippen LogP contribution in [0.4, 0.5) is 0 Å². The number of carbonyl (C=O) groups excluding carboxylic acids is 2. The number of halogens is 2. The lowest BCUT2D eigenvalue weighted by Crippen LogP contribution is -2.05. The highest BCUT2D eigenvalue weighted by molar-refractivity contribution is 6.42. The van der Waals surface area contributed by atoms with Gasteiger partial charge in [-0.2, -0.15) is 0 Å². The monoisotopic (exact) mass is 405 g/mol. The van der Waals surface area contributed by atoms with Crippen molar-refractivity contribution in [2.45, 2.75) is 6.92 Å². The highest BCUT2D eigenvalue weighted by Crippen LogP contribution is 2.30. The van der Waals surface area contributed by atoms with Gasteiger partial charge in [-0.05, 0) is 42.0 Å². The lowest BCUT2D eigenvalue weighted by molar-refractivity contribution is -0.132. The molecule has 0 amide bonds. The third-order valence-electron chi connectivity index (χ3n) is 3.53.